The second-order valence-electron chi connectivity index (χ2n) is 7.46. The minimum atomic E-state index is -0.505. The van der Waals surface area contributed by atoms with Gasteiger partial charge in [0.2, 0.25) is 0 Å². The van der Waals surface area contributed by atoms with Gasteiger partial charge in [-0.2, -0.15) is 0 Å². The number of nitrogens with one attached hydrogen (secondary N) is 2. The van der Waals surface area contributed by atoms with E-state index in [1.54, 1.807) is 6.20 Å². The molecule has 0 saturated heterocycles. The van der Waals surface area contributed by atoms with Crippen LogP contribution >= 0.6 is 23.4 Å². The van der Waals surface area contributed by atoms with Crippen LogP contribution in [0, 0.1) is 5.92 Å². The standard InChI is InChI=1S/C22H24ClN3O2S/c23-15-8-10-16(11-9-15)29-20-17-7-4-12-24-21(17)26-19(20)22(28)25-13-18(27)14-5-2-1-3-6-14/h4,7-12,14,18,27H,1-3,5-6,13H2,(H,24,26)(H,25,28). The number of carbonyl (C=O) groups is 1. The van der Waals surface area contributed by atoms with Crippen LogP contribution in [0.1, 0.15) is 42.6 Å². The van der Waals surface area contributed by atoms with Crippen LogP contribution in [-0.4, -0.2) is 33.6 Å². The van der Waals surface area contributed by atoms with Crippen LogP contribution < -0.4 is 5.32 Å². The zero-order chi connectivity index (χ0) is 20.2. The number of aliphatic hydroxyl groups is 1. The van der Waals surface area contributed by atoms with Crippen molar-refractivity contribution in [1.29, 1.82) is 0 Å². The molecule has 7 heteroatoms. The lowest BCUT2D eigenvalue weighted by Gasteiger charge is -2.26. The van der Waals surface area contributed by atoms with Gasteiger partial charge in [0, 0.05) is 28.0 Å². The van der Waals surface area contributed by atoms with Gasteiger partial charge in [-0.05, 0) is 55.2 Å². The van der Waals surface area contributed by atoms with E-state index in [1.165, 1.54) is 18.2 Å². The third-order valence-corrected chi connectivity index (χ3v) is 6.84. The molecule has 29 heavy (non-hydrogen) atoms. The zero-order valence-electron chi connectivity index (χ0n) is 16.0. The van der Waals surface area contributed by atoms with E-state index >= 15 is 0 Å². The van der Waals surface area contributed by atoms with Gasteiger partial charge in [0.25, 0.3) is 5.91 Å². The summed E-state index contributed by atoms with van der Waals surface area (Å²) in [5, 5.41) is 15.0. The molecule has 0 aliphatic heterocycles. The van der Waals surface area contributed by atoms with Crippen molar-refractivity contribution in [1.82, 2.24) is 15.3 Å². The lowest BCUT2D eigenvalue weighted by atomic mass is 9.85. The number of aliphatic hydroxyl groups excluding tert-OH is 1. The van der Waals surface area contributed by atoms with Crippen LogP contribution in [0.25, 0.3) is 11.0 Å². The third kappa shape index (κ3) is 4.77. The Bertz CT molecular complexity index is 983. The van der Waals surface area contributed by atoms with Crippen molar-refractivity contribution in [3.05, 3.63) is 53.3 Å². The molecule has 1 unspecified atom stereocenters. The molecule has 0 spiro atoms. The number of aromatic nitrogens is 2. The highest BCUT2D eigenvalue weighted by Crippen LogP contribution is 2.36. The Hall–Kier alpha value is -2.02. The van der Waals surface area contributed by atoms with Crippen molar-refractivity contribution >= 4 is 40.3 Å². The number of hydrogen-bond acceptors (Lipinski definition) is 4. The van der Waals surface area contributed by atoms with E-state index in [4.69, 9.17) is 11.6 Å². The molecule has 3 N–H and O–H groups in total. The first-order chi connectivity index (χ1) is 14.1. The number of H-pyrrole nitrogens is 1. The Morgan fingerprint density at radius 1 is 1.24 bits per heavy atom. The van der Waals surface area contributed by atoms with Crippen molar-refractivity contribution in [2.24, 2.45) is 5.92 Å². The third-order valence-electron chi connectivity index (χ3n) is 5.45. The highest BCUT2D eigenvalue weighted by Gasteiger charge is 2.24. The predicted molar refractivity (Wildman–Crippen MR) is 117 cm³/mol. The number of amides is 1. The molecule has 1 fully saturated rings. The number of benzene rings is 1. The molecule has 1 amide bonds. The second-order valence-corrected chi connectivity index (χ2v) is 8.98. The van der Waals surface area contributed by atoms with Gasteiger partial charge in [-0.15, -0.1) is 0 Å². The number of pyridine rings is 1. The lowest BCUT2D eigenvalue weighted by molar-refractivity contribution is 0.0735. The summed E-state index contributed by atoms with van der Waals surface area (Å²) in [6, 6.07) is 11.3. The van der Waals surface area contributed by atoms with Crippen molar-refractivity contribution in [2.75, 3.05) is 6.54 Å². The molecule has 1 aromatic carbocycles. The van der Waals surface area contributed by atoms with Crippen LogP contribution in [0.15, 0.2) is 52.4 Å². The maximum absolute atomic E-state index is 13.0. The Morgan fingerprint density at radius 3 is 2.76 bits per heavy atom. The van der Waals surface area contributed by atoms with Gasteiger partial charge in [-0.3, -0.25) is 4.79 Å². The number of aromatic amines is 1. The molecule has 152 valence electrons. The molecule has 2 heterocycles. The average Bonchev–Trinajstić information content (AvgIpc) is 3.12. The first-order valence-electron chi connectivity index (χ1n) is 9.98. The smallest absolute Gasteiger partial charge is 0.269 e. The Labute approximate surface area is 179 Å². The first kappa shape index (κ1) is 20.3. The van der Waals surface area contributed by atoms with E-state index in [1.807, 2.05) is 36.4 Å². The molecule has 3 aromatic rings. The van der Waals surface area contributed by atoms with E-state index in [9.17, 15) is 9.90 Å². The molecule has 2 aromatic heterocycles. The van der Waals surface area contributed by atoms with Crippen molar-refractivity contribution < 1.29 is 9.90 Å². The number of halogens is 1. The molecule has 0 radical (unpaired) electrons. The Morgan fingerprint density at radius 2 is 2.00 bits per heavy atom. The topological polar surface area (TPSA) is 78.0 Å². The van der Waals surface area contributed by atoms with Crippen LogP contribution in [0.3, 0.4) is 0 Å². The van der Waals surface area contributed by atoms with E-state index in [2.05, 4.69) is 15.3 Å². The molecular formula is C22H24ClN3O2S. The molecule has 5 nitrogen and oxygen atoms in total. The number of rotatable bonds is 6. The molecule has 1 atom stereocenters. The van der Waals surface area contributed by atoms with Gasteiger partial charge in [-0.1, -0.05) is 42.6 Å². The normalized spacial score (nSPS) is 16.1. The predicted octanol–water partition coefficient (Wildman–Crippen LogP) is 5.04. The second kappa shape index (κ2) is 9.20. The van der Waals surface area contributed by atoms with Crippen LogP contribution in [0.4, 0.5) is 0 Å². The minimum absolute atomic E-state index is 0.227. The van der Waals surface area contributed by atoms with Crippen molar-refractivity contribution in [3.63, 3.8) is 0 Å². The van der Waals surface area contributed by atoms with Crippen LogP contribution in [0.2, 0.25) is 5.02 Å². The maximum Gasteiger partial charge on any atom is 0.269 e. The van der Waals surface area contributed by atoms with Gasteiger partial charge in [-0.25, -0.2) is 4.98 Å². The maximum atomic E-state index is 13.0. The highest BCUT2D eigenvalue weighted by atomic mass is 35.5. The largest absolute Gasteiger partial charge is 0.391 e. The number of carbonyl (C=O) groups excluding carboxylic acids is 1. The van der Waals surface area contributed by atoms with E-state index in [-0.39, 0.29) is 18.4 Å². The van der Waals surface area contributed by atoms with E-state index < -0.39 is 6.10 Å². The Balaban J connectivity index is 1.54. The van der Waals surface area contributed by atoms with E-state index in [0.29, 0.717) is 16.4 Å². The van der Waals surface area contributed by atoms with Gasteiger partial charge in [0.15, 0.2) is 0 Å². The SMILES string of the molecule is O=C(NCC(O)C1CCCCC1)c1[nH]c2ncccc2c1Sc1ccc(Cl)cc1. The summed E-state index contributed by atoms with van der Waals surface area (Å²) in [7, 11) is 0. The van der Waals surface area contributed by atoms with Gasteiger partial charge < -0.3 is 15.4 Å². The first-order valence-corrected chi connectivity index (χ1v) is 11.2. The molecule has 4 rings (SSSR count). The van der Waals surface area contributed by atoms with Crippen LogP contribution in [-0.2, 0) is 0 Å². The summed E-state index contributed by atoms with van der Waals surface area (Å²) in [6.07, 6.45) is 6.81. The summed E-state index contributed by atoms with van der Waals surface area (Å²) >= 11 is 7.49. The lowest BCUT2D eigenvalue weighted by Crippen LogP contribution is -2.37. The average molecular weight is 430 g/mol. The fraction of sp³-hybridized carbons (Fsp3) is 0.364. The zero-order valence-corrected chi connectivity index (χ0v) is 17.6. The van der Waals surface area contributed by atoms with Gasteiger partial charge in [0.05, 0.1) is 11.0 Å². The monoisotopic (exact) mass is 429 g/mol. The van der Waals surface area contributed by atoms with Gasteiger partial charge in [0.1, 0.15) is 11.3 Å². The number of hydrogen-bond donors (Lipinski definition) is 3. The number of nitrogens with zero attached hydrogens (tertiary/aromatic N) is 1. The van der Waals surface area contributed by atoms with Crippen molar-refractivity contribution in [3.8, 4) is 0 Å². The molecular weight excluding hydrogens is 406 g/mol. The van der Waals surface area contributed by atoms with E-state index in [0.717, 1.165) is 40.9 Å². The summed E-state index contributed by atoms with van der Waals surface area (Å²) < 4.78 is 0. The summed E-state index contributed by atoms with van der Waals surface area (Å²) in [6.45, 7) is 0.261. The van der Waals surface area contributed by atoms with Gasteiger partial charge >= 0.3 is 0 Å². The number of fused-ring (bicyclic) bond motifs is 1. The molecule has 1 saturated carbocycles. The summed E-state index contributed by atoms with van der Waals surface area (Å²) in [5.41, 5.74) is 1.14. The fourth-order valence-corrected chi connectivity index (χ4v) is 5.01. The van der Waals surface area contributed by atoms with Crippen LogP contribution in [0.5, 0.6) is 0 Å². The Kier molecular flexibility index (Phi) is 6.43. The fourth-order valence-electron chi connectivity index (χ4n) is 3.86. The molecule has 0 bridgehead atoms. The highest BCUT2D eigenvalue weighted by molar-refractivity contribution is 7.99. The summed E-state index contributed by atoms with van der Waals surface area (Å²) in [5.74, 6) is 0.0469. The molecule has 1 aliphatic carbocycles. The summed E-state index contributed by atoms with van der Waals surface area (Å²) in [4.78, 5) is 22.2. The van der Waals surface area contributed by atoms with Crippen molar-refractivity contribution in [2.45, 2.75) is 48.0 Å². The molecule has 1 aliphatic rings. The quantitative estimate of drug-likeness (QED) is 0.513. The minimum Gasteiger partial charge on any atom is -0.391 e.